The van der Waals surface area contributed by atoms with Crippen LogP contribution in [0.25, 0.3) is 11.0 Å². The molecule has 0 bridgehead atoms. The minimum absolute atomic E-state index is 0.0779. The number of aryl methyl sites for hydroxylation is 1. The Balaban J connectivity index is 2.30. The van der Waals surface area contributed by atoms with Crippen LogP contribution in [-0.2, 0) is 16.1 Å². The lowest BCUT2D eigenvalue weighted by Gasteiger charge is -2.11. The van der Waals surface area contributed by atoms with Gasteiger partial charge in [-0.1, -0.05) is 20.4 Å². The van der Waals surface area contributed by atoms with E-state index in [1.165, 1.54) is 10.9 Å². The summed E-state index contributed by atoms with van der Waals surface area (Å²) >= 11 is 0. The normalized spacial score (nSPS) is 10.9. The summed E-state index contributed by atoms with van der Waals surface area (Å²) in [6.45, 7) is 9.03. The molecule has 0 radical (unpaired) electrons. The Kier molecular flexibility index (Phi) is 4.16. The third kappa shape index (κ3) is 3.16. The predicted molar refractivity (Wildman–Crippen MR) is 78.6 cm³/mol. The van der Waals surface area contributed by atoms with Gasteiger partial charge in [-0.05, 0) is 18.6 Å². The molecule has 0 saturated carbocycles. The molecule has 0 amide bonds. The fourth-order valence-electron chi connectivity index (χ4n) is 1.82. The first-order chi connectivity index (χ1) is 9.90. The number of nitrogens with zero attached hydrogens (tertiary/aromatic N) is 3. The van der Waals surface area contributed by atoms with E-state index >= 15 is 0 Å². The molecule has 2 aromatic rings. The van der Waals surface area contributed by atoms with E-state index in [1.807, 2.05) is 6.92 Å². The third-order valence-electron chi connectivity index (χ3n) is 3.00. The molecule has 0 aliphatic rings. The molecule has 0 saturated heterocycles. The molecule has 0 N–H and O–H groups in total. The van der Waals surface area contributed by atoms with Gasteiger partial charge in [0, 0.05) is 6.20 Å². The highest BCUT2D eigenvalue weighted by molar-refractivity contribution is 5.76. The molecule has 0 aliphatic carbocycles. The van der Waals surface area contributed by atoms with Gasteiger partial charge in [-0.25, -0.2) is 9.97 Å². The first kappa shape index (κ1) is 14.9. The number of ether oxygens (including phenoxy) is 1. The Morgan fingerprint density at radius 1 is 1.43 bits per heavy atom. The van der Waals surface area contributed by atoms with E-state index in [0.29, 0.717) is 11.0 Å². The van der Waals surface area contributed by atoms with Crippen LogP contribution in [0.4, 0.5) is 0 Å². The molecule has 0 unspecified atom stereocenters. The Bertz CT molecular complexity index is 762. The van der Waals surface area contributed by atoms with Gasteiger partial charge >= 0.3 is 5.97 Å². The third-order valence-corrected chi connectivity index (χ3v) is 3.00. The number of esters is 1. The zero-order valence-corrected chi connectivity index (χ0v) is 12.3. The number of carbonyl (C=O) groups is 1. The van der Waals surface area contributed by atoms with Gasteiger partial charge < -0.3 is 4.74 Å². The van der Waals surface area contributed by atoms with Crippen molar-refractivity contribution in [1.29, 1.82) is 0 Å². The number of rotatable bonds is 4. The molecule has 21 heavy (non-hydrogen) atoms. The summed E-state index contributed by atoms with van der Waals surface area (Å²) in [6, 6.07) is 1.75. The van der Waals surface area contributed by atoms with Gasteiger partial charge in [-0.3, -0.25) is 14.2 Å². The van der Waals surface area contributed by atoms with Gasteiger partial charge in [0.25, 0.3) is 5.56 Å². The van der Waals surface area contributed by atoms with Crippen LogP contribution in [0.2, 0.25) is 0 Å². The van der Waals surface area contributed by atoms with Crippen molar-refractivity contribution >= 4 is 17.0 Å². The number of hydrogen-bond donors (Lipinski definition) is 0. The summed E-state index contributed by atoms with van der Waals surface area (Å²) in [6.07, 6.45) is 2.99. The van der Waals surface area contributed by atoms with Crippen molar-refractivity contribution in [2.45, 2.75) is 27.3 Å². The number of aromatic nitrogens is 3. The highest BCUT2D eigenvalue weighted by Crippen LogP contribution is 2.09. The molecule has 2 heterocycles. The fourth-order valence-corrected chi connectivity index (χ4v) is 1.82. The first-order valence-electron chi connectivity index (χ1n) is 6.60. The van der Waals surface area contributed by atoms with E-state index in [1.54, 1.807) is 26.1 Å². The number of hydrogen-bond acceptors (Lipinski definition) is 5. The number of fused-ring (bicyclic) bond motifs is 1. The van der Waals surface area contributed by atoms with Crippen molar-refractivity contribution in [3.63, 3.8) is 0 Å². The molecule has 2 rings (SSSR count). The summed E-state index contributed by atoms with van der Waals surface area (Å²) in [5.74, 6) is -0.419. The van der Waals surface area contributed by atoms with Crippen molar-refractivity contribution in [2.75, 3.05) is 0 Å². The van der Waals surface area contributed by atoms with Crippen molar-refractivity contribution in [3.8, 4) is 0 Å². The van der Waals surface area contributed by atoms with E-state index in [4.69, 9.17) is 4.74 Å². The van der Waals surface area contributed by atoms with E-state index in [9.17, 15) is 9.59 Å². The number of pyridine rings is 1. The van der Waals surface area contributed by atoms with Gasteiger partial charge in [0.2, 0.25) is 0 Å². The molecule has 2 aromatic heterocycles. The highest BCUT2D eigenvalue weighted by Gasteiger charge is 2.13. The highest BCUT2D eigenvalue weighted by atomic mass is 16.5. The summed E-state index contributed by atoms with van der Waals surface area (Å²) in [5, 5.41) is 0.461. The molecular formula is C15H17N3O3. The second-order valence-corrected chi connectivity index (χ2v) is 5.12. The lowest BCUT2D eigenvalue weighted by atomic mass is 10.2. The average molecular weight is 287 g/mol. The zero-order valence-electron chi connectivity index (χ0n) is 12.3. The number of allylic oxidation sites excluding steroid dienone is 1. The van der Waals surface area contributed by atoms with Gasteiger partial charge in [-0.2, -0.15) is 0 Å². The van der Waals surface area contributed by atoms with Crippen LogP contribution in [0.3, 0.4) is 0 Å². The molecule has 110 valence electrons. The van der Waals surface area contributed by atoms with Crippen LogP contribution < -0.4 is 5.56 Å². The second kappa shape index (κ2) is 5.87. The van der Waals surface area contributed by atoms with E-state index < -0.39 is 0 Å². The fraction of sp³-hybridized carbons (Fsp3) is 0.333. The topological polar surface area (TPSA) is 74.1 Å². The molecule has 6 nitrogen and oxygen atoms in total. The van der Waals surface area contributed by atoms with Crippen LogP contribution in [0.15, 0.2) is 35.7 Å². The van der Waals surface area contributed by atoms with Crippen molar-refractivity contribution in [1.82, 2.24) is 14.5 Å². The van der Waals surface area contributed by atoms with Gasteiger partial charge in [0.15, 0.2) is 5.65 Å². The predicted octanol–water partition coefficient (Wildman–Crippen LogP) is 1.81. The molecule has 6 heteroatoms. The quantitative estimate of drug-likeness (QED) is 0.633. The maximum atomic E-state index is 12.4. The van der Waals surface area contributed by atoms with Gasteiger partial charge in [-0.15, -0.1) is 0 Å². The Hall–Kier alpha value is -2.50. The van der Waals surface area contributed by atoms with Crippen LogP contribution in [-0.4, -0.2) is 20.5 Å². The minimum atomic E-state index is -0.375. The van der Waals surface area contributed by atoms with Crippen molar-refractivity contribution in [2.24, 2.45) is 5.92 Å². The molecule has 0 atom stereocenters. The second-order valence-electron chi connectivity index (χ2n) is 5.12. The average Bonchev–Trinajstić information content (AvgIpc) is 2.41. The SMILES string of the molecule is C=C(Cn1cnc2nccc(C)c2c1=O)OC(=O)C(C)C. The van der Waals surface area contributed by atoms with Crippen LogP contribution in [0, 0.1) is 12.8 Å². The van der Waals surface area contributed by atoms with E-state index in [-0.39, 0.29) is 29.8 Å². The lowest BCUT2D eigenvalue weighted by Crippen LogP contribution is -2.24. The zero-order chi connectivity index (χ0) is 15.6. The summed E-state index contributed by atoms with van der Waals surface area (Å²) in [7, 11) is 0. The smallest absolute Gasteiger partial charge is 0.313 e. The molecule has 0 fully saturated rings. The van der Waals surface area contributed by atoms with Crippen LogP contribution >= 0.6 is 0 Å². The van der Waals surface area contributed by atoms with Crippen LogP contribution in [0.1, 0.15) is 19.4 Å². The standard InChI is InChI=1S/C15H17N3O3/c1-9(2)15(20)21-11(4)7-18-8-17-13-12(14(18)19)10(3)5-6-16-13/h5-6,8-9H,4,7H2,1-3H3. The Labute approximate surface area is 122 Å². The summed E-state index contributed by atoms with van der Waals surface area (Å²) < 4.78 is 6.43. The first-order valence-corrected chi connectivity index (χ1v) is 6.60. The van der Waals surface area contributed by atoms with Crippen LogP contribution in [0.5, 0.6) is 0 Å². The maximum absolute atomic E-state index is 12.4. The lowest BCUT2D eigenvalue weighted by molar-refractivity contribution is -0.143. The van der Waals surface area contributed by atoms with E-state index in [2.05, 4.69) is 16.5 Å². The molecule has 0 aromatic carbocycles. The minimum Gasteiger partial charge on any atom is -0.430 e. The van der Waals surface area contributed by atoms with Gasteiger partial charge in [0.05, 0.1) is 17.8 Å². The molecule has 0 aliphatic heterocycles. The van der Waals surface area contributed by atoms with E-state index in [0.717, 1.165) is 5.56 Å². The summed E-state index contributed by atoms with van der Waals surface area (Å²) in [4.78, 5) is 32.1. The molecule has 0 spiro atoms. The molecular weight excluding hydrogens is 270 g/mol. The van der Waals surface area contributed by atoms with Gasteiger partial charge in [0.1, 0.15) is 12.1 Å². The summed E-state index contributed by atoms with van der Waals surface area (Å²) in [5.41, 5.74) is 0.977. The Morgan fingerprint density at radius 3 is 2.81 bits per heavy atom. The largest absolute Gasteiger partial charge is 0.430 e. The monoisotopic (exact) mass is 287 g/mol. The number of carbonyl (C=O) groups excluding carboxylic acids is 1. The Morgan fingerprint density at radius 2 is 2.14 bits per heavy atom. The van der Waals surface area contributed by atoms with Crippen molar-refractivity contribution < 1.29 is 9.53 Å². The maximum Gasteiger partial charge on any atom is 0.313 e. The van der Waals surface area contributed by atoms with Crippen molar-refractivity contribution in [3.05, 3.63) is 46.8 Å².